The van der Waals surface area contributed by atoms with E-state index in [0.29, 0.717) is 13.0 Å². The topological polar surface area (TPSA) is 49.3 Å². The third-order valence-electron chi connectivity index (χ3n) is 1.60. The number of hydrogen-bond acceptors (Lipinski definition) is 3. The molecule has 0 amide bonds. The molecule has 0 aromatic carbocycles. The molecule has 0 spiro atoms. The molecule has 0 aliphatic heterocycles. The highest BCUT2D eigenvalue weighted by molar-refractivity contribution is 5.84. The molecule has 0 saturated carbocycles. The first-order chi connectivity index (χ1) is 5.13. The molecule has 0 aromatic rings. The molecule has 3 nitrogen and oxygen atoms in total. The van der Waals surface area contributed by atoms with Crippen LogP contribution in [0, 0.1) is 0 Å². The first-order valence-electron chi connectivity index (χ1n) is 4.07. The predicted octanol–water partition coefficient (Wildman–Crippen LogP) is 0.324. The highest BCUT2D eigenvalue weighted by atomic mass is 16.3. The molecule has 0 radical (unpaired) electrons. The smallest absolute Gasteiger partial charge is 0.152 e. The van der Waals surface area contributed by atoms with Crippen molar-refractivity contribution in [1.82, 2.24) is 5.32 Å². The van der Waals surface area contributed by atoms with Crippen molar-refractivity contribution in [3.05, 3.63) is 0 Å². The Kier molecular flexibility index (Phi) is 5.07. The molecule has 0 aliphatic rings. The van der Waals surface area contributed by atoms with Crippen LogP contribution in [-0.2, 0) is 4.79 Å². The lowest BCUT2D eigenvalue weighted by Gasteiger charge is -2.18. The number of likely N-dealkylation sites (N-methyl/N-ethyl adjacent to an activating group) is 1. The van der Waals surface area contributed by atoms with Crippen LogP contribution in [0.15, 0.2) is 0 Å². The van der Waals surface area contributed by atoms with Crippen LogP contribution in [0.2, 0.25) is 0 Å². The summed E-state index contributed by atoms with van der Waals surface area (Å²) in [5, 5.41) is 12.1. The highest BCUT2D eigenvalue weighted by Gasteiger charge is 2.19. The lowest BCUT2D eigenvalue weighted by Crippen LogP contribution is -2.44. The van der Waals surface area contributed by atoms with Crippen LogP contribution in [0.25, 0.3) is 0 Å². The van der Waals surface area contributed by atoms with Gasteiger partial charge in [0.2, 0.25) is 0 Å². The average molecular weight is 159 g/mol. The Hall–Kier alpha value is -0.410. The number of hydrogen-bond donors (Lipinski definition) is 2. The van der Waals surface area contributed by atoms with Crippen LogP contribution in [0.5, 0.6) is 0 Å². The standard InChI is InChI=1S/C8H17NO2/c1-4-7(11)8(6(3)10)9-5-2/h6,8-10H,4-5H2,1-3H3. The van der Waals surface area contributed by atoms with Crippen molar-refractivity contribution < 1.29 is 9.90 Å². The van der Waals surface area contributed by atoms with Crippen molar-refractivity contribution in [3.63, 3.8) is 0 Å². The second-order valence-corrected chi connectivity index (χ2v) is 2.60. The van der Waals surface area contributed by atoms with E-state index in [-0.39, 0.29) is 11.8 Å². The monoisotopic (exact) mass is 159 g/mol. The third-order valence-corrected chi connectivity index (χ3v) is 1.60. The van der Waals surface area contributed by atoms with Crippen molar-refractivity contribution in [2.24, 2.45) is 0 Å². The Morgan fingerprint density at radius 2 is 2.09 bits per heavy atom. The van der Waals surface area contributed by atoms with E-state index < -0.39 is 6.10 Å². The molecule has 0 heterocycles. The van der Waals surface area contributed by atoms with Gasteiger partial charge in [-0.05, 0) is 13.5 Å². The van der Waals surface area contributed by atoms with Gasteiger partial charge >= 0.3 is 0 Å². The van der Waals surface area contributed by atoms with Gasteiger partial charge in [-0.1, -0.05) is 13.8 Å². The van der Waals surface area contributed by atoms with E-state index in [1.165, 1.54) is 0 Å². The van der Waals surface area contributed by atoms with E-state index in [9.17, 15) is 4.79 Å². The summed E-state index contributed by atoms with van der Waals surface area (Å²) in [6, 6.07) is -0.384. The summed E-state index contributed by atoms with van der Waals surface area (Å²) in [5.41, 5.74) is 0. The minimum atomic E-state index is -0.595. The van der Waals surface area contributed by atoms with E-state index >= 15 is 0 Å². The quantitative estimate of drug-likeness (QED) is 0.607. The summed E-state index contributed by atoms with van der Waals surface area (Å²) >= 11 is 0. The van der Waals surface area contributed by atoms with Gasteiger partial charge in [0.25, 0.3) is 0 Å². The van der Waals surface area contributed by atoms with E-state index in [0.717, 1.165) is 0 Å². The molecule has 2 atom stereocenters. The zero-order valence-corrected chi connectivity index (χ0v) is 7.42. The highest BCUT2D eigenvalue weighted by Crippen LogP contribution is 1.97. The molecular weight excluding hydrogens is 142 g/mol. The predicted molar refractivity (Wildman–Crippen MR) is 44.4 cm³/mol. The lowest BCUT2D eigenvalue weighted by molar-refractivity contribution is -0.123. The number of Topliss-reactive ketones (excluding diaryl/α,β-unsaturated/α-hetero) is 1. The summed E-state index contributed by atoms with van der Waals surface area (Å²) in [5.74, 6) is 0.0712. The minimum Gasteiger partial charge on any atom is -0.391 e. The SMILES string of the molecule is CCNC(C(=O)CC)C(C)O. The Bertz CT molecular complexity index is 123. The Morgan fingerprint density at radius 3 is 2.36 bits per heavy atom. The molecule has 0 rings (SSSR count). The fourth-order valence-corrected chi connectivity index (χ4v) is 0.993. The Balaban J connectivity index is 3.98. The maximum Gasteiger partial charge on any atom is 0.152 e. The number of nitrogens with one attached hydrogen (secondary N) is 1. The molecule has 2 unspecified atom stereocenters. The van der Waals surface area contributed by atoms with Crippen molar-refractivity contribution in [1.29, 1.82) is 0 Å². The number of rotatable bonds is 5. The fraction of sp³-hybridized carbons (Fsp3) is 0.875. The molecule has 0 aromatic heterocycles. The minimum absolute atomic E-state index is 0.0712. The number of carbonyl (C=O) groups excluding carboxylic acids is 1. The largest absolute Gasteiger partial charge is 0.391 e. The van der Waals surface area contributed by atoms with Crippen LogP contribution in [0.3, 0.4) is 0 Å². The van der Waals surface area contributed by atoms with Gasteiger partial charge in [-0.15, -0.1) is 0 Å². The summed E-state index contributed by atoms with van der Waals surface area (Å²) in [6.07, 6.45) is -0.120. The maximum atomic E-state index is 11.1. The van der Waals surface area contributed by atoms with Crippen molar-refractivity contribution >= 4 is 5.78 Å². The number of aliphatic hydroxyl groups is 1. The van der Waals surface area contributed by atoms with Crippen LogP contribution in [0.4, 0.5) is 0 Å². The molecular formula is C8H17NO2. The first kappa shape index (κ1) is 10.6. The second-order valence-electron chi connectivity index (χ2n) is 2.60. The van der Waals surface area contributed by atoms with Crippen LogP contribution in [0.1, 0.15) is 27.2 Å². The second kappa shape index (κ2) is 5.27. The van der Waals surface area contributed by atoms with Gasteiger partial charge in [-0.3, -0.25) is 4.79 Å². The maximum absolute atomic E-state index is 11.1. The molecule has 0 aliphatic carbocycles. The van der Waals surface area contributed by atoms with E-state index in [1.807, 2.05) is 6.92 Å². The Labute approximate surface area is 67.8 Å². The van der Waals surface area contributed by atoms with Crippen LogP contribution < -0.4 is 5.32 Å². The third kappa shape index (κ3) is 3.49. The summed E-state index contributed by atoms with van der Waals surface area (Å²) in [4.78, 5) is 11.1. The lowest BCUT2D eigenvalue weighted by atomic mass is 10.1. The number of aliphatic hydroxyl groups excluding tert-OH is 1. The van der Waals surface area contributed by atoms with Gasteiger partial charge < -0.3 is 10.4 Å². The zero-order valence-electron chi connectivity index (χ0n) is 7.42. The van der Waals surface area contributed by atoms with Crippen LogP contribution >= 0.6 is 0 Å². The normalized spacial score (nSPS) is 16.0. The molecule has 66 valence electrons. The van der Waals surface area contributed by atoms with Crippen LogP contribution in [-0.4, -0.2) is 29.6 Å². The van der Waals surface area contributed by atoms with Gasteiger partial charge in [0.05, 0.1) is 12.1 Å². The van der Waals surface area contributed by atoms with Gasteiger partial charge in [0.1, 0.15) is 0 Å². The van der Waals surface area contributed by atoms with E-state index in [1.54, 1.807) is 13.8 Å². The van der Waals surface area contributed by atoms with Gasteiger partial charge in [-0.25, -0.2) is 0 Å². The number of carbonyl (C=O) groups is 1. The average Bonchev–Trinajstić information content (AvgIpc) is 1.98. The van der Waals surface area contributed by atoms with Gasteiger partial charge in [0.15, 0.2) is 5.78 Å². The fourth-order valence-electron chi connectivity index (χ4n) is 0.993. The molecule has 0 saturated heterocycles. The van der Waals surface area contributed by atoms with Crippen molar-refractivity contribution in [2.45, 2.75) is 39.3 Å². The van der Waals surface area contributed by atoms with E-state index in [4.69, 9.17) is 5.11 Å². The Morgan fingerprint density at radius 1 is 1.55 bits per heavy atom. The first-order valence-corrected chi connectivity index (χ1v) is 4.07. The van der Waals surface area contributed by atoms with Crippen molar-refractivity contribution in [3.8, 4) is 0 Å². The molecule has 2 N–H and O–H groups in total. The number of ketones is 1. The summed E-state index contributed by atoms with van der Waals surface area (Å²) in [7, 11) is 0. The summed E-state index contributed by atoms with van der Waals surface area (Å²) < 4.78 is 0. The van der Waals surface area contributed by atoms with Gasteiger partial charge in [-0.2, -0.15) is 0 Å². The molecule has 11 heavy (non-hydrogen) atoms. The molecule has 0 fully saturated rings. The molecule has 3 heteroatoms. The van der Waals surface area contributed by atoms with E-state index in [2.05, 4.69) is 5.32 Å². The summed E-state index contributed by atoms with van der Waals surface area (Å²) in [6.45, 7) is 6.05. The molecule has 0 bridgehead atoms. The van der Waals surface area contributed by atoms with Crippen molar-refractivity contribution in [2.75, 3.05) is 6.54 Å². The zero-order chi connectivity index (χ0) is 8.85. The van der Waals surface area contributed by atoms with Gasteiger partial charge in [0, 0.05) is 6.42 Å².